The minimum absolute atomic E-state index is 0.0149. The molecule has 0 spiro atoms. The van der Waals surface area contributed by atoms with Crippen LogP contribution in [0.1, 0.15) is 41.1 Å². The molecule has 1 fully saturated rings. The van der Waals surface area contributed by atoms with Crippen molar-refractivity contribution >= 4 is 21.9 Å². The summed E-state index contributed by atoms with van der Waals surface area (Å²) in [4.78, 5) is 23.2. The van der Waals surface area contributed by atoms with Crippen molar-refractivity contribution in [2.75, 3.05) is 12.8 Å². The summed E-state index contributed by atoms with van der Waals surface area (Å²) in [5, 5.41) is 11.6. The molecular formula is C14H20N2O6S. The number of aromatic carboxylic acids is 1. The molecule has 128 valence electrons. The molecule has 1 aliphatic rings. The largest absolute Gasteiger partial charge is 0.478 e. The molecule has 1 aromatic rings. The van der Waals surface area contributed by atoms with Gasteiger partial charge in [-0.25, -0.2) is 13.2 Å². The van der Waals surface area contributed by atoms with Crippen LogP contribution in [0.2, 0.25) is 0 Å². The number of piperidine rings is 1. The average molecular weight is 344 g/mol. The lowest BCUT2D eigenvalue weighted by Gasteiger charge is -2.32. The Balaban J connectivity index is 2.03. The van der Waals surface area contributed by atoms with Crippen molar-refractivity contribution in [2.45, 2.75) is 38.8 Å². The maximum atomic E-state index is 12.3. The number of hydrogen-bond donors (Lipinski definition) is 2. The number of carbonyl (C=O) groups is 2. The first-order valence-electron chi connectivity index (χ1n) is 7.27. The summed E-state index contributed by atoms with van der Waals surface area (Å²) in [6.07, 6.45) is 3.08. The van der Waals surface area contributed by atoms with Gasteiger partial charge >= 0.3 is 5.97 Å². The molecule has 1 aromatic heterocycles. The van der Waals surface area contributed by atoms with Gasteiger partial charge < -0.3 is 14.8 Å². The lowest BCUT2D eigenvalue weighted by molar-refractivity contribution is -0.125. The minimum atomic E-state index is -3.45. The van der Waals surface area contributed by atoms with Crippen LogP contribution in [-0.2, 0) is 21.4 Å². The predicted octanol–water partition coefficient (Wildman–Crippen LogP) is 0.717. The smallest absolute Gasteiger partial charge is 0.339 e. The van der Waals surface area contributed by atoms with Gasteiger partial charge in [0.15, 0.2) is 0 Å². The lowest BCUT2D eigenvalue weighted by atomic mass is 10.0. The maximum absolute atomic E-state index is 12.3. The van der Waals surface area contributed by atoms with Gasteiger partial charge in [-0.2, -0.15) is 4.31 Å². The Morgan fingerprint density at radius 1 is 1.43 bits per heavy atom. The second-order valence-corrected chi connectivity index (χ2v) is 7.53. The zero-order chi connectivity index (χ0) is 17.2. The molecule has 1 saturated heterocycles. The summed E-state index contributed by atoms with van der Waals surface area (Å²) in [7, 11) is -3.45. The predicted molar refractivity (Wildman–Crippen MR) is 81.4 cm³/mol. The van der Waals surface area contributed by atoms with Gasteiger partial charge in [0.2, 0.25) is 15.9 Å². The number of rotatable bonds is 5. The van der Waals surface area contributed by atoms with Crippen molar-refractivity contribution in [3.8, 4) is 0 Å². The molecule has 2 rings (SSSR count). The highest BCUT2D eigenvalue weighted by molar-refractivity contribution is 7.88. The van der Waals surface area contributed by atoms with Crippen LogP contribution >= 0.6 is 0 Å². The van der Waals surface area contributed by atoms with E-state index in [9.17, 15) is 18.0 Å². The number of nitrogens with zero attached hydrogens (tertiary/aromatic N) is 1. The first kappa shape index (κ1) is 17.5. The van der Waals surface area contributed by atoms with Gasteiger partial charge in [0.05, 0.1) is 12.8 Å². The van der Waals surface area contributed by atoms with E-state index < -0.39 is 27.9 Å². The topological polar surface area (TPSA) is 117 Å². The fraction of sp³-hybridized carbons (Fsp3) is 0.571. The van der Waals surface area contributed by atoms with Crippen LogP contribution in [0.25, 0.3) is 0 Å². The van der Waals surface area contributed by atoms with Gasteiger partial charge in [-0.05, 0) is 25.8 Å². The second-order valence-electron chi connectivity index (χ2n) is 5.59. The summed E-state index contributed by atoms with van der Waals surface area (Å²) in [6.45, 7) is 1.88. The van der Waals surface area contributed by atoms with Crippen molar-refractivity contribution < 1.29 is 27.5 Å². The third kappa shape index (κ3) is 4.11. The van der Waals surface area contributed by atoms with Crippen LogP contribution in [0.5, 0.6) is 0 Å². The molecular weight excluding hydrogens is 324 g/mol. The van der Waals surface area contributed by atoms with Gasteiger partial charge in [0, 0.05) is 6.54 Å². The number of aryl methyl sites for hydroxylation is 1. The average Bonchev–Trinajstić information content (AvgIpc) is 2.85. The molecule has 0 unspecified atom stereocenters. The van der Waals surface area contributed by atoms with Crippen molar-refractivity contribution in [3.05, 3.63) is 23.2 Å². The van der Waals surface area contributed by atoms with Crippen molar-refractivity contribution in [2.24, 2.45) is 0 Å². The number of carboxylic acids is 1. The Morgan fingerprint density at radius 2 is 2.13 bits per heavy atom. The summed E-state index contributed by atoms with van der Waals surface area (Å²) in [5.74, 6) is -0.924. The van der Waals surface area contributed by atoms with E-state index in [1.165, 1.54) is 17.3 Å². The number of carbonyl (C=O) groups excluding carboxylic acids is 1. The Morgan fingerprint density at radius 3 is 2.70 bits per heavy atom. The number of sulfonamides is 1. The van der Waals surface area contributed by atoms with E-state index in [1.807, 2.05) is 0 Å². The monoisotopic (exact) mass is 344 g/mol. The Hall–Kier alpha value is -1.87. The van der Waals surface area contributed by atoms with E-state index >= 15 is 0 Å². The third-order valence-electron chi connectivity index (χ3n) is 3.82. The van der Waals surface area contributed by atoms with Gasteiger partial charge in [-0.1, -0.05) is 6.42 Å². The fourth-order valence-electron chi connectivity index (χ4n) is 2.70. The highest BCUT2D eigenvalue weighted by Gasteiger charge is 2.34. The molecule has 2 N–H and O–H groups in total. The van der Waals surface area contributed by atoms with Crippen molar-refractivity contribution in [1.82, 2.24) is 9.62 Å². The number of carboxylic acid groups (broad SMARTS) is 1. The standard InChI is InChI=1S/C14H20N2O6S/c1-9-11(14(18)19)7-10(22-9)8-15-13(17)12-5-3-4-6-16(12)23(2,20)21/h7,12H,3-6,8H2,1-2H3,(H,15,17)(H,18,19)/t12-/m1/s1. The molecule has 9 heteroatoms. The minimum Gasteiger partial charge on any atom is -0.478 e. The van der Waals surface area contributed by atoms with Gasteiger partial charge in [0.1, 0.15) is 23.1 Å². The maximum Gasteiger partial charge on any atom is 0.339 e. The zero-order valence-corrected chi connectivity index (χ0v) is 13.9. The molecule has 1 aliphatic heterocycles. The van der Waals surface area contributed by atoms with Crippen molar-refractivity contribution in [1.29, 1.82) is 0 Å². The van der Waals surface area contributed by atoms with Crippen LogP contribution in [0.4, 0.5) is 0 Å². The number of nitrogens with one attached hydrogen (secondary N) is 1. The molecule has 0 saturated carbocycles. The van der Waals surface area contributed by atoms with E-state index in [4.69, 9.17) is 9.52 Å². The highest BCUT2D eigenvalue weighted by atomic mass is 32.2. The number of hydrogen-bond acceptors (Lipinski definition) is 5. The highest BCUT2D eigenvalue weighted by Crippen LogP contribution is 2.20. The molecule has 0 aliphatic carbocycles. The van der Waals surface area contributed by atoms with E-state index in [0.29, 0.717) is 18.7 Å². The summed E-state index contributed by atoms with van der Waals surface area (Å²) in [5.41, 5.74) is 0.0460. The summed E-state index contributed by atoms with van der Waals surface area (Å²) >= 11 is 0. The first-order valence-corrected chi connectivity index (χ1v) is 9.12. The van der Waals surface area contributed by atoms with Gasteiger partial charge in [-0.3, -0.25) is 4.79 Å². The summed E-state index contributed by atoms with van der Waals surface area (Å²) < 4.78 is 30.0. The Kier molecular flexibility index (Phi) is 5.10. The van der Waals surface area contributed by atoms with E-state index in [0.717, 1.165) is 19.1 Å². The number of amides is 1. The van der Waals surface area contributed by atoms with Crippen molar-refractivity contribution in [3.63, 3.8) is 0 Å². The lowest BCUT2D eigenvalue weighted by Crippen LogP contribution is -2.51. The van der Waals surface area contributed by atoms with Crippen LogP contribution < -0.4 is 5.32 Å². The molecule has 1 atom stereocenters. The molecule has 0 radical (unpaired) electrons. The Labute approximate surface area is 134 Å². The molecule has 2 heterocycles. The fourth-order valence-corrected chi connectivity index (χ4v) is 3.82. The Bertz CT molecular complexity index is 709. The molecule has 23 heavy (non-hydrogen) atoms. The molecule has 0 bridgehead atoms. The first-order chi connectivity index (χ1) is 10.7. The second kappa shape index (κ2) is 6.71. The summed E-state index contributed by atoms with van der Waals surface area (Å²) in [6, 6.07) is 0.626. The normalized spacial score (nSPS) is 19.5. The third-order valence-corrected chi connectivity index (χ3v) is 5.11. The quantitative estimate of drug-likeness (QED) is 0.813. The van der Waals surface area contributed by atoms with Gasteiger partial charge in [-0.15, -0.1) is 0 Å². The van der Waals surface area contributed by atoms with Crippen LogP contribution in [0.3, 0.4) is 0 Å². The van der Waals surface area contributed by atoms with Crippen LogP contribution in [0.15, 0.2) is 10.5 Å². The van der Waals surface area contributed by atoms with E-state index in [2.05, 4.69) is 5.32 Å². The number of furan rings is 1. The zero-order valence-electron chi connectivity index (χ0n) is 13.0. The van der Waals surface area contributed by atoms with Crippen LogP contribution in [0, 0.1) is 6.92 Å². The van der Waals surface area contributed by atoms with Gasteiger partial charge in [0.25, 0.3) is 0 Å². The molecule has 1 amide bonds. The molecule has 0 aromatic carbocycles. The van der Waals surface area contributed by atoms with Crippen LogP contribution in [-0.4, -0.2) is 48.5 Å². The SMILES string of the molecule is Cc1oc(CNC(=O)[C@H]2CCCCN2S(C)(=O)=O)cc1C(=O)O. The molecule has 8 nitrogen and oxygen atoms in total. The van der Waals surface area contributed by atoms with E-state index in [1.54, 1.807) is 0 Å². The van der Waals surface area contributed by atoms with E-state index in [-0.39, 0.29) is 17.9 Å².